The highest BCUT2D eigenvalue weighted by Crippen LogP contribution is 2.38. The Morgan fingerprint density at radius 2 is 2.04 bits per heavy atom. The third-order valence-electron chi connectivity index (χ3n) is 6.25. The van der Waals surface area contributed by atoms with Crippen molar-refractivity contribution in [1.82, 2.24) is 14.9 Å². The lowest BCUT2D eigenvalue weighted by molar-refractivity contribution is 0.00460. The number of aryl methyl sites for hydroxylation is 2. The van der Waals surface area contributed by atoms with Crippen molar-refractivity contribution in [3.63, 3.8) is 0 Å². The zero-order valence-electron chi connectivity index (χ0n) is 15.8. The van der Waals surface area contributed by atoms with Crippen LogP contribution >= 0.6 is 11.3 Å². The van der Waals surface area contributed by atoms with Crippen molar-refractivity contribution in [3.05, 3.63) is 16.8 Å². The molecule has 7 heteroatoms. The van der Waals surface area contributed by atoms with E-state index in [1.807, 2.05) is 11.3 Å². The minimum absolute atomic E-state index is 0.468. The summed E-state index contributed by atoms with van der Waals surface area (Å²) < 4.78 is 11.3. The fraction of sp³-hybridized carbons (Fsp3) is 0.700. The molecule has 3 aliphatic rings. The van der Waals surface area contributed by atoms with Gasteiger partial charge in [0.15, 0.2) is 0 Å². The van der Waals surface area contributed by atoms with Gasteiger partial charge in [0.1, 0.15) is 17.0 Å². The molecule has 0 aromatic carbocycles. The van der Waals surface area contributed by atoms with Gasteiger partial charge < -0.3 is 14.8 Å². The van der Waals surface area contributed by atoms with Crippen LogP contribution in [0.5, 0.6) is 0 Å². The lowest BCUT2D eigenvalue weighted by Gasteiger charge is -2.37. The predicted octanol–water partition coefficient (Wildman–Crippen LogP) is 2.72. The maximum atomic E-state index is 5.70. The minimum Gasteiger partial charge on any atom is -0.381 e. The van der Waals surface area contributed by atoms with E-state index in [0.717, 1.165) is 63.1 Å². The molecule has 0 amide bonds. The Kier molecular flexibility index (Phi) is 5.27. The van der Waals surface area contributed by atoms with Crippen LogP contribution in [-0.2, 0) is 22.3 Å². The zero-order valence-corrected chi connectivity index (χ0v) is 16.6. The summed E-state index contributed by atoms with van der Waals surface area (Å²) in [5.41, 5.74) is 1.50. The summed E-state index contributed by atoms with van der Waals surface area (Å²) in [6.45, 7) is 6.36. The first-order valence-electron chi connectivity index (χ1n) is 10.3. The van der Waals surface area contributed by atoms with Crippen LogP contribution in [0.4, 0.5) is 5.82 Å². The third-order valence-corrected chi connectivity index (χ3v) is 7.45. The van der Waals surface area contributed by atoms with Gasteiger partial charge >= 0.3 is 0 Å². The van der Waals surface area contributed by atoms with Gasteiger partial charge in [-0.05, 0) is 37.7 Å². The predicted molar refractivity (Wildman–Crippen MR) is 108 cm³/mol. The van der Waals surface area contributed by atoms with Crippen LogP contribution < -0.4 is 5.32 Å². The molecule has 2 saturated heterocycles. The Labute approximate surface area is 164 Å². The highest BCUT2D eigenvalue weighted by atomic mass is 32.1. The number of nitrogens with zero attached hydrogens (tertiary/aromatic N) is 3. The van der Waals surface area contributed by atoms with Crippen molar-refractivity contribution < 1.29 is 9.47 Å². The molecule has 0 radical (unpaired) electrons. The number of nitrogens with one attached hydrogen (secondary N) is 1. The van der Waals surface area contributed by atoms with Crippen molar-refractivity contribution in [2.24, 2.45) is 5.92 Å². The van der Waals surface area contributed by atoms with E-state index in [-0.39, 0.29) is 0 Å². The van der Waals surface area contributed by atoms with E-state index in [1.165, 1.54) is 41.5 Å². The minimum atomic E-state index is 0.468. The average Bonchev–Trinajstić information content (AvgIpc) is 3.37. The first-order valence-corrected chi connectivity index (χ1v) is 11.1. The Morgan fingerprint density at radius 1 is 1.15 bits per heavy atom. The lowest BCUT2D eigenvalue weighted by atomic mass is 9.96. The standard InChI is InChI=1S/C20H28N4O2S/c1-2-4-17-15(3-1)18-19(22-13-23-20(18)27-17)21-11-16(14-5-8-26-12-14)24-6-9-25-10-7-24/h13-14,16H,1-12H2,(H,21,22,23). The van der Waals surface area contributed by atoms with Crippen molar-refractivity contribution >= 4 is 27.4 Å². The van der Waals surface area contributed by atoms with Gasteiger partial charge in [-0.15, -0.1) is 11.3 Å². The average molecular weight is 389 g/mol. The highest BCUT2D eigenvalue weighted by Gasteiger charge is 2.32. The van der Waals surface area contributed by atoms with Crippen LogP contribution in [0.25, 0.3) is 10.2 Å². The fourth-order valence-corrected chi connectivity index (χ4v) is 6.01. The Bertz CT molecular complexity index is 784. The normalized spacial score (nSPS) is 24.8. The second-order valence-electron chi connectivity index (χ2n) is 7.83. The summed E-state index contributed by atoms with van der Waals surface area (Å²) in [5, 5.41) is 4.99. The molecule has 6 nitrogen and oxygen atoms in total. The second kappa shape index (κ2) is 7.99. The van der Waals surface area contributed by atoms with Gasteiger partial charge in [0.2, 0.25) is 0 Å². The van der Waals surface area contributed by atoms with E-state index in [9.17, 15) is 0 Å². The van der Waals surface area contributed by atoms with E-state index < -0.39 is 0 Å². The van der Waals surface area contributed by atoms with Crippen molar-refractivity contribution in [3.8, 4) is 0 Å². The van der Waals surface area contributed by atoms with Gasteiger partial charge in [0, 0.05) is 43.1 Å². The van der Waals surface area contributed by atoms with Crippen LogP contribution in [0.15, 0.2) is 6.33 Å². The molecule has 1 aliphatic carbocycles. The number of rotatable bonds is 5. The van der Waals surface area contributed by atoms with Crippen LogP contribution in [-0.4, -0.2) is 67.0 Å². The van der Waals surface area contributed by atoms with Crippen LogP contribution in [0, 0.1) is 5.92 Å². The molecule has 2 aliphatic heterocycles. The van der Waals surface area contributed by atoms with Crippen molar-refractivity contribution in [1.29, 1.82) is 0 Å². The topological polar surface area (TPSA) is 59.5 Å². The van der Waals surface area contributed by atoms with E-state index in [0.29, 0.717) is 12.0 Å². The van der Waals surface area contributed by atoms with E-state index in [2.05, 4.69) is 20.2 Å². The molecular weight excluding hydrogens is 360 g/mol. The van der Waals surface area contributed by atoms with Gasteiger partial charge in [0.05, 0.1) is 25.2 Å². The molecule has 27 heavy (non-hydrogen) atoms. The first-order chi connectivity index (χ1) is 13.4. The molecule has 146 valence electrons. The number of hydrogen-bond donors (Lipinski definition) is 1. The summed E-state index contributed by atoms with van der Waals surface area (Å²) in [6.07, 6.45) is 7.82. The molecule has 2 fully saturated rings. The van der Waals surface area contributed by atoms with Crippen LogP contribution in [0.3, 0.4) is 0 Å². The molecule has 5 rings (SSSR count). The number of fused-ring (bicyclic) bond motifs is 3. The molecular formula is C20H28N4O2S. The highest BCUT2D eigenvalue weighted by molar-refractivity contribution is 7.19. The molecule has 4 heterocycles. The Hall–Kier alpha value is -1.28. The fourth-order valence-electron chi connectivity index (χ4n) is 4.78. The van der Waals surface area contributed by atoms with Gasteiger partial charge in [-0.3, -0.25) is 4.90 Å². The maximum Gasteiger partial charge on any atom is 0.138 e. The Balaban J connectivity index is 1.39. The summed E-state index contributed by atoms with van der Waals surface area (Å²) >= 11 is 1.86. The van der Waals surface area contributed by atoms with Crippen LogP contribution in [0.2, 0.25) is 0 Å². The van der Waals surface area contributed by atoms with E-state index in [1.54, 1.807) is 6.33 Å². The quantitative estimate of drug-likeness (QED) is 0.850. The second-order valence-corrected chi connectivity index (χ2v) is 8.92. The third kappa shape index (κ3) is 3.58. The number of thiophene rings is 1. The van der Waals surface area contributed by atoms with Gasteiger partial charge in [-0.2, -0.15) is 0 Å². The van der Waals surface area contributed by atoms with Gasteiger partial charge in [-0.25, -0.2) is 9.97 Å². The molecule has 2 unspecified atom stereocenters. The maximum absolute atomic E-state index is 5.70. The van der Waals surface area contributed by atoms with Gasteiger partial charge in [0.25, 0.3) is 0 Å². The first kappa shape index (κ1) is 17.8. The zero-order chi connectivity index (χ0) is 18.1. The largest absolute Gasteiger partial charge is 0.381 e. The molecule has 0 bridgehead atoms. The van der Waals surface area contributed by atoms with Crippen molar-refractivity contribution in [2.75, 3.05) is 51.4 Å². The number of aromatic nitrogens is 2. The van der Waals surface area contributed by atoms with Gasteiger partial charge in [-0.1, -0.05) is 0 Å². The number of hydrogen-bond acceptors (Lipinski definition) is 7. The number of ether oxygens (including phenoxy) is 2. The summed E-state index contributed by atoms with van der Waals surface area (Å²) in [5.74, 6) is 1.61. The molecule has 2 atom stereocenters. The lowest BCUT2D eigenvalue weighted by Crippen LogP contribution is -2.50. The summed E-state index contributed by atoms with van der Waals surface area (Å²) in [7, 11) is 0. The molecule has 1 N–H and O–H groups in total. The van der Waals surface area contributed by atoms with Crippen LogP contribution in [0.1, 0.15) is 29.7 Å². The summed E-state index contributed by atoms with van der Waals surface area (Å²) in [6, 6.07) is 0.468. The Morgan fingerprint density at radius 3 is 2.89 bits per heavy atom. The van der Waals surface area contributed by atoms with E-state index >= 15 is 0 Å². The number of morpholine rings is 1. The smallest absolute Gasteiger partial charge is 0.138 e. The monoisotopic (exact) mass is 388 g/mol. The molecule has 0 spiro atoms. The number of anilines is 1. The van der Waals surface area contributed by atoms with Crippen molar-refractivity contribution in [2.45, 2.75) is 38.1 Å². The summed E-state index contributed by atoms with van der Waals surface area (Å²) in [4.78, 5) is 14.5. The SMILES string of the molecule is c1nc(NCC(C2CCOC2)N2CCOCC2)c2c3c(sc2n1)CCCC3. The van der Waals surface area contributed by atoms with E-state index in [4.69, 9.17) is 9.47 Å². The molecule has 2 aromatic heterocycles. The molecule has 0 saturated carbocycles. The molecule has 2 aromatic rings.